The molecule has 0 bridgehead atoms. The molecule has 0 spiro atoms. The van der Waals surface area contributed by atoms with Crippen LogP contribution in [0.4, 0.5) is 0 Å². The zero-order valence-corrected chi connectivity index (χ0v) is 10.1. The van der Waals surface area contributed by atoms with Crippen molar-refractivity contribution in [3.8, 4) is 0 Å². The normalized spacial score (nSPS) is 29.1. The molecule has 6 heteroatoms. The average Bonchev–Trinajstić information content (AvgIpc) is 2.84. The van der Waals surface area contributed by atoms with Crippen molar-refractivity contribution in [3.05, 3.63) is 11.6 Å². The van der Waals surface area contributed by atoms with Crippen molar-refractivity contribution < 1.29 is 4.74 Å². The first-order chi connectivity index (χ1) is 7.36. The zero-order chi connectivity index (χ0) is 10.3. The van der Waals surface area contributed by atoms with E-state index in [2.05, 4.69) is 20.5 Å². The molecule has 2 N–H and O–H groups in total. The van der Waals surface area contributed by atoms with Gasteiger partial charge in [-0.05, 0) is 19.3 Å². The van der Waals surface area contributed by atoms with Gasteiger partial charge in [0.25, 0.3) is 0 Å². The van der Waals surface area contributed by atoms with Gasteiger partial charge in [0.15, 0.2) is 5.82 Å². The Labute approximate surface area is 101 Å². The molecule has 3 rings (SSSR count). The van der Waals surface area contributed by atoms with Crippen LogP contribution in [0.1, 0.15) is 42.9 Å². The molecular weight excluding hydrogens is 228 g/mol. The van der Waals surface area contributed by atoms with Crippen LogP contribution in [0.5, 0.6) is 0 Å². The number of H-pyrrole nitrogens is 1. The Morgan fingerprint density at radius 2 is 2.19 bits per heavy atom. The van der Waals surface area contributed by atoms with Gasteiger partial charge in [0.1, 0.15) is 5.82 Å². The van der Waals surface area contributed by atoms with Gasteiger partial charge in [-0.2, -0.15) is 5.10 Å². The summed E-state index contributed by atoms with van der Waals surface area (Å²) in [5.74, 6) is 2.58. The fourth-order valence-electron chi connectivity index (χ4n) is 2.06. The van der Waals surface area contributed by atoms with Gasteiger partial charge in [-0.3, -0.25) is 5.10 Å². The minimum atomic E-state index is 0. The van der Waals surface area contributed by atoms with E-state index in [0.717, 1.165) is 24.6 Å². The summed E-state index contributed by atoms with van der Waals surface area (Å²) in [5, 5.41) is 10.7. The van der Waals surface area contributed by atoms with Crippen LogP contribution in [-0.4, -0.2) is 34.9 Å². The first kappa shape index (κ1) is 11.8. The predicted molar refractivity (Wildman–Crippen MR) is 61.8 cm³/mol. The number of ether oxygens (including phenoxy) is 1. The van der Waals surface area contributed by atoms with E-state index in [-0.39, 0.29) is 18.4 Å². The summed E-state index contributed by atoms with van der Waals surface area (Å²) in [6, 6.07) is 0.287. The van der Waals surface area contributed by atoms with E-state index in [1.165, 1.54) is 12.8 Å². The van der Waals surface area contributed by atoms with Crippen LogP contribution < -0.4 is 5.32 Å². The number of aromatic nitrogens is 3. The number of hydrogen-bond donors (Lipinski definition) is 2. The molecule has 90 valence electrons. The molecule has 0 aromatic carbocycles. The van der Waals surface area contributed by atoms with Gasteiger partial charge >= 0.3 is 0 Å². The second-order valence-corrected chi connectivity index (χ2v) is 4.41. The Morgan fingerprint density at radius 1 is 1.38 bits per heavy atom. The average molecular weight is 245 g/mol. The Balaban J connectivity index is 0.000000963. The summed E-state index contributed by atoms with van der Waals surface area (Å²) in [4.78, 5) is 4.54. The molecule has 1 aliphatic carbocycles. The van der Waals surface area contributed by atoms with Crippen molar-refractivity contribution in [1.82, 2.24) is 20.5 Å². The first-order valence-corrected chi connectivity index (χ1v) is 5.55. The molecule has 2 fully saturated rings. The van der Waals surface area contributed by atoms with E-state index in [1.54, 1.807) is 7.11 Å². The van der Waals surface area contributed by atoms with Crippen LogP contribution in [0.25, 0.3) is 0 Å². The van der Waals surface area contributed by atoms with Gasteiger partial charge in [0, 0.05) is 19.6 Å². The second kappa shape index (κ2) is 4.69. The molecule has 2 heterocycles. The highest BCUT2D eigenvalue weighted by Crippen LogP contribution is 2.38. The van der Waals surface area contributed by atoms with Gasteiger partial charge < -0.3 is 10.1 Å². The van der Waals surface area contributed by atoms with Crippen molar-refractivity contribution in [2.45, 2.75) is 37.3 Å². The third kappa shape index (κ3) is 2.21. The maximum absolute atomic E-state index is 5.30. The smallest absolute Gasteiger partial charge is 0.153 e. The van der Waals surface area contributed by atoms with E-state index in [1.807, 2.05) is 0 Å². The van der Waals surface area contributed by atoms with E-state index in [4.69, 9.17) is 4.74 Å². The number of halogens is 1. The van der Waals surface area contributed by atoms with E-state index >= 15 is 0 Å². The number of methoxy groups -OCH3 is 1. The molecule has 2 unspecified atom stereocenters. The van der Waals surface area contributed by atoms with Gasteiger partial charge in [-0.1, -0.05) is 0 Å². The fourth-order valence-corrected chi connectivity index (χ4v) is 2.06. The molecule has 2 aliphatic rings. The van der Waals surface area contributed by atoms with Gasteiger partial charge in [-0.25, -0.2) is 4.98 Å². The molecule has 1 aliphatic heterocycles. The largest absolute Gasteiger partial charge is 0.380 e. The van der Waals surface area contributed by atoms with E-state index in [9.17, 15) is 0 Å². The van der Waals surface area contributed by atoms with Crippen molar-refractivity contribution in [3.63, 3.8) is 0 Å². The topological polar surface area (TPSA) is 62.8 Å². The Hall–Kier alpha value is -0.650. The van der Waals surface area contributed by atoms with Crippen LogP contribution in [0.15, 0.2) is 0 Å². The standard InChI is InChI=1S/C10H16N4O.ClH/c1-15-7-4-8(11-5-7)10-12-9(13-14-10)6-2-3-6;/h6-8,11H,2-5H2,1H3,(H,12,13,14);1H. The van der Waals surface area contributed by atoms with Crippen molar-refractivity contribution >= 4 is 12.4 Å². The first-order valence-electron chi connectivity index (χ1n) is 5.55. The Bertz CT molecular complexity index is 352. The number of rotatable bonds is 3. The third-order valence-corrected chi connectivity index (χ3v) is 3.22. The molecular formula is C10H17ClN4O. The highest BCUT2D eigenvalue weighted by Gasteiger charge is 2.31. The molecule has 1 aromatic heterocycles. The van der Waals surface area contributed by atoms with E-state index < -0.39 is 0 Å². The SMILES string of the molecule is COC1CNC(c2nc(C3CC3)n[nH]2)C1.Cl. The van der Waals surface area contributed by atoms with Crippen LogP contribution in [-0.2, 0) is 4.74 Å². The molecule has 1 saturated heterocycles. The van der Waals surface area contributed by atoms with Crippen LogP contribution in [0, 0.1) is 0 Å². The summed E-state index contributed by atoms with van der Waals surface area (Å²) in [7, 11) is 1.75. The Kier molecular flexibility index (Phi) is 3.47. The summed E-state index contributed by atoms with van der Waals surface area (Å²) in [6.45, 7) is 0.903. The summed E-state index contributed by atoms with van der Waals surface area (Å²) < 4.78 is 5.30. The molecule has 16 heavy (non-hydrogen) atoms. The predicted octanol–water partition coefficient (Wildman–Crippen LogP) is 1.15. The lowest BCUT2D eigenvalue weighted by Gasteiger charge is -2.05. The fraction of sp³-hybridized carbons (Fsp3) is 0.800. The van der Waals surface area contributed by atoms with Crippen LogP contribution >= 0.6 is 12.4 Å². The summed E-state index contributed by atoms with van der Waals surface area (Å²) >= 11 is 0. The zero-order valence-electron chi connectivity index (χ0n) is 9.27. The van der Waals surface area contributed by atoms with Crippen molar-refractivity contribution in [2.24, 2.45) is 0 Å². The van der Waals surface area contributed by atoms with Crippen LogP contribution in [0.3, 0.4) is 0 Å². The number of hydrogen-bond acceptors (Lipinski definition) is 4. The molecule has 1 saturated carbocycles. The summed E-state index contributed by atoms with van der Waals surface area (Å²) in [6.07, 6.45) is 3.78. The maximum atomic E-state index is 5.30. The molecule has 2 atom stereocenters. The number of nitrogens with zero attached hydrogens (tertiary/aromatic N) is 2. The molecule has 0 radical (unpaired) electrons. The third-order valence-electron chi connectivity index (χ3n) is 3.22. The quantitative estimate of drug-likeness (QED) is 0.838. The van der Waals surface area contributed by atoms with Crippen molar-refractivity contribution in [2.75, 3.05) is 13.7 Å². The molecule has 1 aromatic rings. The maximum Gasteiger partial charge on any atom is 0.153 e. The second-order valence-electron chi connectivity index (χ2n) is 4.41. The minimum absolute atomic E-state index is 0. The highest BCUT2D eigenvalue weighted by atomic mass is 35.5. The lowest BCUT2D eigenvalue weighted by atomic mass is 10.2. The lowest BCUT2D eigenvalue weighted by Crippen LogP contribution is -2.16. The minimum Gasteiger partial charge on any atom is -0.380 e. The monoisotopic (exact) mass is 244 g/mol. The molecule has 5 nitrogen and oxygen atoms in total. The van der Waals surface area contributed by atoms with Gasteiger partial charge in [-0.15, -0.1) is 12.4 Å². The Morgan fingerprint density at radius 3 is 2.81 bits per heavy atom. The van der Waals surface area contributed by atoms with Gasteiger partial charge in [0.2, 0.25) is 0 Å². The number of aromatic amines is 1. The summed E-state index contributed by atoms with van der Waals surface area (Å²) in [5.41, 5.74) is 0. The van der Waals surface area contributed by atoms with E-state index in [0.29, 0.717) is 12.0 Å². The highest BCUT2D eigenvalue weighted by molar-refractivity contribution is 5.85. The van der Waals surface area contributed by atoms with Crippen LogP contribution in [0.2, 0.25) is 0 Å². The van der Waals surface area contributed by atoms with Gasteiger partial charge in [0.05, 0.1) is 12.1 Å². The molecule has 0 amide bonds. The lowest BCUT2D eigenvalue weighted by molar-refractivity contribution is 0.117. The number of nitrogens with one attached hydrogen (secondary N) is 2. The van der Waals surface area contributed by atoms with Crippen molar-refractivity contribution in [1.29, 1.82) is 0 Å².